The number of fused-ring (bicyclic) bond motifs is 2. The SMILES string of the molecule is O=C(O)[C@H]1[C@H](C(=O)NCc2ccccc2Br)[C@H]2C=C[C@H]1O2. The Bertz CT molecular complexity index is 615. The van der Waals surface area contributed by atoms with Crippen LogP contribution in [0.5, 0.6) is 0 Å². The third-order valence-electron chi connectivity index (χ3n) is 3.90. The Balaban J connectivity index is 1.69. The summed E-state index contributed by atoms with van der Waals surface area (Å²) in [4.78, 5) is 23.7. The van der Waals surface area contributed by atoms with Crippen LogP contribution in [-0.2, 0) is 20.9 Å². The number of carbonyl (C=O) groups excluding carboxylic acids is 1. The van der Waals surface area contributed by atoms with Crippen molar-refractivity contribution in [2.24, 2.45) is 11.8 Å². The molecule has 1 saturated heterocycles. The Hall–Kier alpha value is -1.66. The monoisotopic (exact) mass is 351 g/mol. The van der Waals surface area contributed by atoms with Gasteiger partial charge in [-0.25, -0.2) is 0 Å². The van der Waals surface area contributed by atoms with Crippen LogP contribution in [0, 0.1) is 11.8 Å². The number of benzene rings is 1. The molecule has 0 aliphatic carbocycles. The van der Waals surface area contributed by atoms with E-state index in [-0.39, 0.29) is 5.91 Å². The maximum absolute atomic E-state index is 12.3. The Morgan fingerprint density at radius 3 is 2.52 bits per heavy atom. The molecule has 1 aromatic carbocycles. The zero-order valence-electron chi connectivity index (χ0n) is 11.0. The lowest BCUT2D eigenvalue weighted by molar-refractivity contribution is -0.146. The summed E-state index contributed by atoms with van der Waals surface area (Å²) in [5, 5.41) is 12.1. The van der Waals surface area contributed by atoms with Gasteiger partial charge >= 0.3 is 5.97 Å². The molecule has 0 aromatic heterocycles. The van der Waals surface area contributed by atoms with Gasteiger partial charge in [-0.05, 0) is 11.6 Å². The normalized spacial score (nSPS) is 29.6. The van der Waals surface area contributed by atoms with Crippen LogP contribution in [0.1, 0.15) is 5.56 Å². The summed E-state index contributed by atoms with van der Waals surface area (Å²) in [7, 11) is 0. The van der Waals surface area contributed by atoms with E-state index in [1.54, 1.807) is 12.2 Å². The molecule has 3 rings (SSSR count). The molecule has 1 fully saturated rings. The first kappa shape index (κ1) is 14.3. The predicted molar refractivity (Wildman–Crippen MR) is 78.4 cm³/mol. The van der Waals surface area contributed by atoms with Crippen LogP contribution in [0.15, 0.2) is 40.9 Å². The Morgan fingerprint density at radius 1 is 1.19 bits per heavy atom. The molecule has 2 bridgehead atoms. The number of halogens is 1. The number of hydrogen-bond donors (Lipinski definition) is 2. The zero-order chi connectivity index (χ0) is 15.0. The lowest BCUT2D eigenvalue weighted by atomic mass is 9.82. The molecule has 1 aromatic rings. The van der Waals surface area contributed by atoms with E-state index in [1.165, 1.54) is 0 Å². The number of carboxylic acids is 1. The number of aliphatic carboxylic acids is 1. The number of nitrogens with one attached hydrogen (secondary N) is 1. The van der Waals surface area contributed by atoms with Gasteiger partial charge in [-0.3, -0.25) is 9.59 Å². The summed E-state index contributed by atoms with van der Waals surface area (Å²) in [6.45, 7) is 0.351. The second kappa shape index (κ2) is 5.61. The summed E-state index contributed by atoms with van der Waals surface area (Å²) in [5.74, 6) is -2.75. The predicted octanol–water partition coefficient (Wildman–Crippen LogP) is 1.72. The summed E-state index contributed by atoms with van der Waals surface area (Å²) in [6, 6.07) is 7.57. The van der Waals surface area contributed by atoms with Crippen LogP contribution in [0.2, 0.25) is 0 Å². The van der Waals surface area contributed by atoms with Crippen molar-refractivity contribution in [3.63, 3.8) is 0 Å². The smallest absolute Gasteiger partial charge is 0.310 e. The Morgan fingerprint density at radius 2 is 1.86 bits per heavy atom. The van der Waals surface area contributed by atoms with E-state index in [2.05, 4.69) is 21.2 Å². The van der Waals surface area contributed by atoms with Gasteiger partial charge in [0.2, 0.25) is 5.91 Å². The van der Waals surface area contributed by atoms with Crippen LogP contribution >= 0.6 is 15.9 Å². The molecule has 0 unspecified atom stereocenters. The highest BCUT2D eigenvalue weighted by Crippen LogP contribution is 2.39. The quantitative estimate of drug-likeness (QED) is 0.810. The van der Waals surface area contributed by atoms with Crippen molar-refractivity contribution in [3.8, 4) is 0 Å². The Kier molecular flexibility index (Phi) is 3.82. The molecule has 0 spiro atoms. The lowest BCUT2D eigenvalue weighted by Crippen LogP contribution is -2.42. The molecule has 1 amide bonds. The molecule has 2 N–H and O–H groups in total. The van der Waals surface area contributed by atoms with Crippen molar-refractivity contribution >= 4 is 27.8 Å². The van der Waals surface area contributed by atoms with Crippen molar-refractivity contribution in [1.82, 2.24) is 5.32 Å². The molecule has 6 heteroatoms. The van der Waals surface area contributed by atoms with Crippen molar-refractivity contribution < 1.29 is 19.4 Å². The molecule has 110 valence electrons. The minimum atomic E-state index is -0.993. The van der Waals surface area contributed by atoms with Crippen LogP contribution in [0.3, 0.4) is 0 Å². The summed E-state index contributed by atoms with van der Waals surface area (Å²) in [6.07, 6.45) is 2.57. The van der Waals surface area contributed by atoms with Gasteiger partial charge in [-0.2, -0.15) is 0 Å². The summed E-state index contributed by atoms with van der Waals surface area (Å²) >= 11 is 3.42. The molecular weight excluding hydrogens is 338 g/mol. The second-order valence-corrected chi connectivity index (χ2v) is 6.00. The molecule has 4 atom stereocenters. The van der Waals surface area contributed by atoms with Gasteiger partial charge in [-0.1, -0.05) is 46.3 Å². The fourth-order valence-electron chi connectivity index (χ4n) is 2.86. The summed E-state index contributed by atoms with van der Waals surface area (Å²) in [5.41, 5.74) is 0.942. The maximum Gasteiger partial charge on any atom is 0.310 e. The van der Waals surface area contributed by atoms with Gasteiger partial charge in [0.1, 0.15) is 5.92 Å². The number of ether oxygens (including phenoxy) is 1. The van der Waals surface area contributed by atoms with Gasteiger partial charge in [0.25, 0.3) is 0 Å². The Labute approximate surface area is 130 Å². The molecule has 5 nitrogen and oxygen atoms in total. The van der Waals surface area contributed by atoms with Gasteiger partial charge in [-0.15, -0.1) is 0 Å². The van der Waals surface area contributed by atoms with E-state index in [4.69, 9.17) is 4.74 Å². The van der Waals surface area contributed by atoms with E-state index >= 15 is 0 Å². The first-order valence-corrected chi connectivity index (χ1v) is 7.45. The number of carbonyl (C=O) groups is 2. The first-order chi connectivity index (χ1) is 10.1. The van der Waals surface area contributed by atoms with E-state index in [1.807, 2.05) is 24.3 Å². The number of rotatable bonds is 4. The molecule has 0 radical (unpaired) electrons. The molecule has 0 saturated carbocycles. The minimum absolute atomic E-state index is 0.282. The minimum Gasteiger partial charge on any atom is -0.481 e. The average molecular weight is 352 g/mol. The van der Waals surface area contributed by atoms with Crippen LogP contribution in [-0.4, -0.2) is 29.2 Å². The molecule has 2 aliphatic rings. The number of hydrogen-bond acceptors (Lipinski definition) is 3. The van der Waals surface area contributed by atoms with Crippen molar-refractivity contribution in [1.29, 1.82) is 0 Å². The standard InChI is InChI=1S/C15H14BrNO4/c16-9-4-2-1-3-8(9)7-17-14(18)12-10-5-6-11(21-10)13(12)15(19)20/h1-6,10-13H,7H2,(H,17,18)(H,19,20)/t10-,11-,12-,13-/m1/s1. The zero-order valence-corrected chi connectivity index (χ0v) is 12.6. The number of amides is 1. The molecule has 2 aliphatic heterocycles. The van der Waals surface area contributed by atoms with Gasteiger partial charge in [0.05, 0.1) is 18.1 Å². The van der Waals surface area contributed by atoms with Crippen LogP contribution < -0.4 is 5.32 Å². The lowest BCUT2D eigenvalue weighted by Gasteiger charge is -2.21. The van der Waals surface area contributed by atoms with E-state index in [0.29, 0.717) is 6.54 Å². The van der Waals surface area contributed by atoms with Crippen molar-refractivity contribution in [3.05, 3.63) is 46.5 Å². The fourth-order valence-corrected chi connectivity index (χ4v) is 3.28. The molecule has 21 heavy (non-hydrogen) atoms. The third kappa shape index (κ3) is 2.61. The highest BCUT2D eigenvalue weighted by atomic mass is 79.9. The van der Waals surface area contributed by atoms with Crippen molar-refractivity contribution in [2.75, 3.05) is 0 Å². The van der Waals surface area contributed by atoms with E-state index in [0.717, 1.165) is 10.0 Å². The third-order valence-corrected chi connectivity index (χ3v) is 4.67. The van der Waals surface area contributed by atoms with Gasteiger partial charge in [0, 0.05) is 11.0 Å². The van der Waals surface area contributed by atoms with Crippen LogP contribution in [0.25, 0.3) is 0 Å². The average Bonchev–Trinajstić information content (AvgIpc) is 3.06. The largest absolute Gasteiger partial charge is 0.481 e. The number of carboxylic acid groups (broad SMARTS) is 1. The van der Waals surface area contributed by atoms with Crippen LogP contribution in [0.4, 0.5) is 0 Å². The fraction of sp³-hybridized carbons (Fsp3) is 0.333. The summed E-state index contributed by atoms with van der Waals surface area (Å²) < 4.78 is 6.40. The topological polar surface area (TPSA) is 75.6 Å². The van der Waals surface area contributed by atoms with Crippen molar-refractivity contribution in [2.45, 2.75) is 18.8 Å². The van der Waals surface area contributed by atoms with E-state index < -0.39 is 30.0 Å². The van der Waals surface area contributed by atoms with E-state index in [9.17, 15) is 14.7 Å². The van der Waals surface area contributed by atoms with Gasteiger partial charge < -0.3 is 15.2 Å². The maximum atomic E-state index is 12.3. The molecular formula is C15H14BrNO4. The highest BCUT2D eigenvalue weighted by molar-refractivity contribution is 9.10. The first-order valence-electron chi connectivity index (χ1n) is 6.65. The molecule has 2 heterocycles. The van der Waals surface area contributed by atoms with Gasteiger partial charge in [0.15, 0.2) is 0 Å². The second-order valence-electron chi connectivity index (χ2n) is 5.15. The highest BCUT2D eigenvalue weighted by Gasteiger charge is 2.53.